The first kappa shape index (κ1) is 9.42. The van der Waals surface area contributed by atoms with Gasteiger partial charge in [0.05, 0.1) is 0 Å². The van der Waals surface area contributed by atoms with Gasteiger partial charge in [0.25, 0.3) is 0 Å². The molecule has 2 saturated heterocycles. The fourth-order valence-electron chi connectivity index (χ4n) is 1.66. The minimum Gasteiger partial charge on any atom is -0.361 e. The number of ether oxygens (including phenoxy) is 1. The standard InChI is InChI=1S/C8H13N3O3/c12-6-5-11(10-8(13)9-6)7-3-1-2-4-14-7/h7H,1-5H2,(H2,9,10,12,13). The molecule has 0 aromatic rings. The zero-order valence-electron chi connectivity index (χ0n) is 7.78. The number of rotatable bonds is 1. The van der Waals surface area contributed by atoms with Crippen molar-refractivity contribution in [2.45, 2.75) is 25.5 Å². The maximum absolute atomic E-state index is 11.1. The van der Waals surface area contributed by atoms with Gasteiger partial charge in [-0.25, -0.2) is 4.79 Å². The van der Waals surface area contributed by atoms with Gasteiger partial charge in [0, 0.05) is 6.61 Å². The molecule has 0 aromatic carbocycles. The third-order valence-corrected chi connectivity index (χ3v) is 2.32. The molecule has 6 heteroatoms. The monoisotopic (exact) mass is 199 g/mol. The van der Waals surface area contributed by atoms with E-state index in [0.29, 0.717) is 6.61 Å². The van der Waals surface area contributed by atoms with Crippen LogP contribution in [-0.2, 0) is 9.53 Å². The normalized spacial score (nSPS) is 29.6. The van der Waals surface area contributed by atoms with E-state index in [0.717, 1.165) is 19.3 Å². The summed E-state index contributed by atoms with van der Waals surface area (Å²) in [5, 5.41) is 3.72. The Morgan fingerprint density at radius 1 is 1.36 bits per heavy atom. The van der Waals surface area contributed by atoms with E-state index >= 15 is 0 Å². The summed E-state index contributed by atoms with van der Waals surface area (Å²) in [6.45, 7) is 0.856. The number of hydrogen-bond acceptors (Lipinski definition) is 4. The van der Waals surface area contributed by atoms with Crippen LogP contribution in [0.3, 0.4) is 0 Å². The SMILES string of the molecule is O=C1CN(C2CCCCO2)NC(=O)N1. The highest BCUT2D eigenvalue weighted by molar-refractivity contribution is 5.97. The molecule has 2 rings (SSSR count). The van der Waals surface area contributed by atoms with Gasteiger partial charge in [-0.2, -0.15) is 5.01 Å². The Morgan fingerprint density at radius 3 is 2.86 bits per heavy atom. The van der Waals surface area contributed by atoms with Gasteiger partial charge in [-0.3, -0.25) is 15.5 Å². The van der Waals surface area contributed by atoms with Crippen LogP contribution in [0.4, 0.5) is 4.79 Å². The quantitative estimate of drug-likeness (QED) is 0.601. The zero-order valence-corrected chi connectivity index (χ0v) is 7.78. The van der Waals surface area contributed by atoms with Gasteiger partial charge in [0.1, 0.15) is 12.8 Å². The molecular weight excluding hydrogens is 186 g/mol. The van der Waals surface area contributed by atoms with E-state index < -0.39 is 6.03 Å². The molecule has 6 nitrogen and oxygen atoms in total. The second kappa shape index (κ2) is 3.93. The Hall–Kier alpha value is -1.14. The van der Waals surface area contributed by atoms with Crippen LogP contribution in [0.15, 0.2) is 0 Å². The number of hydrogen-bond donors (Lipinski definition) is 2. The van der Waals surface area contributed by atoms with Crippen molar-refractivity contribution < 1.29 is 14.3 Å². The number of nitrogens with zero attached hydrogens (tertiary/aromatic N) is 1. The summed E-state index contributed by atoms with van der Waals surface area (Å²) in [4.78, 5) is 22.0. The highest BCUT2D eigenvalue weighted by atomic mass is 16.5. The summed E-state index contributed by atoms with van der Waals surface area (Å²) in [5.74, 6) is -0.289. The van der Waals surface area contributed by atoms with Gasteiger partial charge in [-0.1, -0.05) is 0 Å². The minimum absolute atomic E-state index is 0.154. The number of amides is 3. The van der Waals surface area contributed by atoms with Crippen molar-refractivity contribution in [2.75, 3.05) is 13.2 Å². The first-order valence-corrected chi connectivity index (χ1v) is 4.74. The van der Waals surface area contributed by atoms with E-state index in [9.17, 15) is 9.59 Å². The lowest BCUT2D eigenvalue weighted by Gasteiger charge is -2.35. The predicted octanol–water partition coefficient (Wildman–Crippen LogP) is -0.431. The Morgan fingerprint density at radius 2 is 2.21 bits per heavy atom. The molecule has 3 amide bonds. The molecule has 0 aliphatic carbocycles. The van der Waals surface area contributed by atoms with Crippen molar-refractivity contribution >= 4 is 11.9 Å². The fraction of sp³-hybridized carbons (Fsp3) is 0.750. The lowest BCUT2D eigenvalue weighted by molar-refractivity contribution is -0.137. The molecule has 2 aliphatic rings. The van der Waals surface area contributed by atoms with Crippen LogP contribution in [0.25, 0.3) is 0 Å². The van der Waals surface area contributed by atoms with Crippen molar-refractivity contribution in [3.63, 3.8) is 0 Å². The number of nitrogens with one attached hydrogen (secondary N) is 2. The molecule has 0 saturated carbocycles. The molecule has 2 heterocycles. The molecule has 1 unspecified atom stereocenters. The van der Waals surface area contributed by atoms with Gasteiger partial charge in [0.15, 0.2) is 0 Å². The van der Waals surface area contributed by atoms with Gasteiger partial charge in [-0.15, -0.1) is 0 Å². The predicted molar refractivity (Wildman–Crippen MR) is 47.0 cm³/mol. The number of imide groups is 1. The van der Waals surface area contributed by atoms with Crippen LogP contribution in [0, 0.1) is 0 Å². The number of hydrazine groups is 1. The lowest BCUT2D eigenvalue weighted by Crippen LogP contribution is -2.62. The second-order valence-corrected chi connectivity index (χ2v) is 3.44. The molecule has 78 valence electrons. The van der Waals surface area contributed by atoms with Crippen molar-refractivity contribution in [3.05, 3.63) is 0 Å². The van der Waals surface area contributed by atoms with Crippen molar-refractivity contribution in [1.29, 1.82) is 0 Å². The number of carbonyl (C=O) groups is 2. The topological polar surface area (TPSA) is 70.7 Å². The summed E-state index contributed by atoms with van der Waals surface area (Å²) < 4.78 is 5.45. The molecule has 0 spiro atoms. The van der Waals surface area contributed by atoms with E-state index in [1.54, 1.807) is 5.01 Å². The zero-order chi connectivity index (χ0) is 9.97. The van der Waals surface area contributed by atoms with Gasteiger partial charge in [-0.05, 0) is 19.3 Å². The molecular formula is C8H13N3O3. The maximum Gasteiger partial charge on any atom is 0.336 e. The average Bonchev–Trinajstić information content (AvgIpc) is 2.18. The molecule has 14 heavy (non-hydrogen) atoms. The Labute approximate surface area is 81.5 Å². The molecule has 1 atom stereocenters. The summed E-state index contributed by atoms with van der Waals surface area (Å²) >= 11 is 0. The smallest absolute Gasteiger partial charge is 0.336 e. The average molecular weight is 199 g/mol. The van der Waals surface area contributed by atoms with Crippen LogP contribution in [0.2, 0.25) is 0 Å². The molecule has 2 aliphatic heterocycles. The summed E-state index contributed by atoms with van der Waals surface area (Å²) in [5.41, 5.74) is 2.55. The van der Waals surface area contributed by atoms with E-state index in [-0.39, 0.29) is 18.7 Å². The summed E-state index contributed by atoms with van der Waals surface area (Å²) in [7, 11) is 0. The molecule has 0 bridgehead atoms. The third-order valence-electron chi connectivity index (χ3n) is 2.32. The van der Waals surface area contributed by atoms with Gasteiger partial charge in [0.2, 0.25) is 5.91 Å². The van der Waals surface area contributed by atoms with Gasteiger partial charge >= 0.3 is 6.03 Å². The summed E-state index contributed by atoms with van der Waals surface area (Å²) in [6, 6.07) is -0.476. The van der Waals surface area contributed by atoms with Crippen LogP contribution in [-0.4, -0.2) is 36.3 Å². The Bertz CT molecular complexity index is 234. The van der Waals surface area contributed by atoms with E-state index in [1.165, 1.54) is 0 Å². The van der Waals surface area contributed by atoms with Crippen LogP contribution in [0.1, 0.15) is 19.3 Å². The van der Waals surface area contributed by atoms with Crippen molar-refractivity contribution in [3.8, 4) is 0 Å². The van der Waals surface area contributed by atoms with Crippen molar-refractivity contribution in [1.82, 2.24) is 15.8 Å². The molecule has 0 radical (unpaired) electrons. The van der Waals surface area contributed by atoms with Crippen LogP contribution < -0.4 is 10.7 Å². The molecule has 0 aromatic heterocycles. The minimum atomic E-state index is -0.476. The van der Waals surface area contributed by atoms with E-state index in [1.807, 2.05) is 0 Å². The van der Waals surface area contributed by atoms with E-state index in [2.05, 4.69) is 10.7 Å². The first-order valence-electron chi connectivity index (χ1n) is 4.74. The third kappa shape index (κ3) is 2.02. The molecule has 2 fully saturated rings. The number of carbonyl (C=O) groups excluding carboxylic acids is 2. The summed E-state index contributed by atoms with van der Waals surface area (Å²) in [6.07, 6.45) is 2.82. The maximum atomic E-state index is 11.1. The van der Waals surface area contributed by atoms with Gasteiger partial charge < -0.3 is 4.74 Å². The Balaban J connectivity index is 1.95. The largest absolute Gasteiger partial charge is 0.361 e. The fourth-order valence-corrected chi connectivity index (χ4v) is 1.66. The lowest BCUT2D eigenvalue weighted by atomic mass is 10.2. The van der Waals surface area contributed by atoms with Crippen LogP contribution in [0.5, 0.6) is 0 Å². The number of urea groups is 1. The Kier molecular flexibility index (Phi) is 2.64. The molecule has 2 N–H and O–H groups in total. The highest BCUT2D eigenvalue weighted by Crippen LogP contribution is 2.15. The van der Waals surface area contributed by atoms with Crippen LogP contribution >= 0.6 is 0 Å². The van der Waals surface area contributed by atoms with Crippen molar-refractivity contribution in [2.24, 2.45) is 0 Å². The second-order valence-electron chi connectivity index (χ2n) is 3.44. The van der Waals surface area contributed by atoms with E-state index in [4.69, 9.17) is 4.74 Å². The highest BCUT2D eigenvalue weighted by Gasteiger charge is 2.29. The first-order chi connectivity index (χ1) is 6.75.